The first kappa shape index (κ1) is 21.5. The van der Waals surface area contributed by atoms with Crippen molar-refractivity contribution in [3.8, 4) is 0 Å². The third-order valence-corrected chi connectivity index (χ3v) is 5.92. The van der Waals surface area contributed by atoms with Gasteiger partial charge in [-0.3, -0.25) is 19.1 Å². The van der Waals surface area contributed by atoms with Crippen molar-refractivity contribution in [3.63, 3.8) is 0 Å². The Morgan fingerprint density at radius 1 is 1.41 bits per heavy atom. The zero-order valence-corrected chi connectivity index (χ0v) is 17.9. The number of H-pyrrole nitrogens is 1. The van der Waals surface area contributed by atoms with Crippen molar-refractivity contribution in [1.82, 2.24) is 19.8 Å². The molecule has 0 radical (unpaired) electrons. The fourth-order valence-electron chi connectivity index (χ4n) is 3.95. The van der Waals surface area contributed by atoms with Crippen LogP contribution < -0.4 is 10.9 Å². The molecule has 1 fully saturated rings. The van der Waals surface area contributed by atoms with E-state index in [1.54, 1.807) is 24.3 Å². The summed E-state index contributed by atoms with van der Waals surface area (Å²) in [4.78, 5) is 30.9. The maximum atomic E-state index is 12.7. The highest BCUT2D eigenvalue weighted by atomic mass is 32.1. The van der Waals surface area contributed by atoms with Gasteiger partial charge in [-0.1, -0.05) is 25.8 Å². The first-order valence-electron chi connectivity index (χ1n) is 10.4. The minimum absolute atomic E-state index is 0.123. The van der Waals surface area contributed by atoms with Crippen LogP contribution in [0.1, 0.15) is 49.4 Å². The standard InChI is InChI=1S/C22H30N4O2S/c1-3-5-12-25-13-7-6-8-17(25)15-23-20(27)16-9-10-18-19(14-16)24-22(29)26(11-4-2)21(18)28/h4,9-10,14,17H,2-3,5-8,11-13,15H2,1H3,(H,23,27)(H,24,29). The van der Waals surface area contributed by atoms with Gasteiger partial charge in [-0.15, -0.1) is 6.58 Å². The lowest BCUT2D eigenvalue weighted by molar-refractivity contribution is 0.0912. The SMILES string of the molecule is C=CCn1c(=S)[nH]c2cc(C(=O)NCC3CCCCN3CCCC)ccc2c1=O. The summed E-state index contributed by atoms with van der Waals surface area (Å²) in [6, 6.07) is 5.49. The highest BCUT2D eigenvalue weighted by Crippen LogP contribution is 2.17. The molecule has 0 aliphatic carbocycles. The topological polar surface area (TPSA) is 70.1 Å². The number of amides is 1. The van der Waals surface area contributed by atoms with Crippen molar-refractivity contribution in [3.05, 3.63) is 51.5 Å². The Bertz CT molecular complexity index is 994. The van der Waals surface area contributed by atoms with Crippen LogP contribution in [-0.4, -0.2) is 46.0 Å². The Labute approximate surface area is 176 Å². The van der Waals surface area contributed by atoms with E-state index in [-0.39, 0.29) is 11.5 Å². The third kappa shape index (κ3) is 5.03. The Kier molecular flexibility index (Phi) is 7.39. The summed E-state index contributed by atoms with van der Waals surface area (Å²) in [5.74, 6) is -0.123. The molecule has 7 heteroatoms. The Hall–Kier alpha value is -2.25. The number of nitrogens with one attached hydrogen (secondary N) is 2. The van der Waals surface area contributed by atoms with Gasteiger partial charge in [0.1, 0.15) is 0 Å². The second-order valence-electron chi connectivity index (χ2n) is 7.64. The highest BCUT2D eigenvalue weighted by molar-refractivity contribution is 7.71. The van der Waals surface area contributed by atoms with E-state index in [0.717, 1.165) is 19.5 Å². The minimum Gasteiger partial charge on any atom is -0.350 e. The van der Waals surface area contributed by atoms with E-state index in [9.17, 15) is 9.59 Å². The molecular formula is C22H30N4O2S. The van der Waals surface area contributed by atoms with E-state index >= 15 is 0 Å². The number of allylic oxidation sites excluding steroid dienone is 1. The van der Waals surface area contributed by atoms with Crippen LogP contribution in [0.25, 0.3) is 10.9 Å². The lowest BCUT2D eigenvalue weighted by Gasteiger charge is -2.35. The number of unbranched alkanes of at least 4 members (excludes halogenated alkanes) is 1. The van der Waals surface area contributed by atoms with Crippen LogP contribution in [-0.2, 0) is 6.54 Å². The average molecular weight is 415 g/mol. The summed E-state index contributed by atoms with van der Waals surface area (Å²) in [6.45, 7) is 9.08. The van der Waals surface area contributed by atoms with Crippen molar-refractivity contribution in [2.24, 2.45) is 0 Å². The number of benzene rings is 1. The molecule has 1 unspecified atom stereocenters. The van der Waals surface area contributed by atoms with Crippen LogP contribution in [0.3, 0.4) is 0 Å². The number of aromatic amines is 1. The number of hydrogen-bond acceptors (Lipinski definition) is 4. The number of hydrogen-bond donors (Lipinski definition) is 2. The third-order valence-electron chi connectivity index (χ3n) is 5.60. The maximum absolute atomic E-state index is 12.7. The summed E-state index contributed by atoms with van der Waals surface area (Å²) < 4.78 is 1.78. The van der Waals surface area contributed by atoms with Crippen LogP contribution in [0.2, 0.25) is 0 Å². The fraction of sp³-hybridized carbons (Fsp3) is 0.500. The van der Waals surface area contributed by atoms with Crippen molar-refractivity contribution in [2.45, 2.75) is 51.6 Å². The van der Waals surface area contributed by atoms with E-state index in [2.05, 4.69) is 28.7 Å². The van der Waals surface area contributed by atoms with Gasteiger partial charge in [0, 0.05) is 24.7 Å². The van der Waals surface area contributed by atoms with Gasteiger partial charge in [0.25, 0.3) is 11.5 Å². The van der Waals surface area contributed by atoms with Crippen LogP contribution in [0.4, 0.5) is 0 Å². The number of likely N-dealkylation sites (tertiary alicyclic amines) is 1. The molecule has 6 nitrogen and oxygen atoms in total. The van der Waals surface area contributed by atoms with Gasteiger partial charge in [0.2, 0.25) is 0 Å². The molecule has 156 valence electrons. The van der Waals surface area contributed by atoms with Gasteiger partial charge in [-0.25, -0.2) is 0 Å². The molecule has 1 atom stereocenters. The second-order valence-corrected chi connectivity index (χ2v) is 8.03. The quantitative estimate of drug-likeness (QED) is 0.511. The zero-order chi connectivity index (χ0) is 20.8. The zero-order valence-electron chi connectivity index (χ0n) is 17.1. The molecule has 1 aromatic heterocycles. The molecule has 29 heavy (non-hydrogen) atoms. The van der Waals surface area contributed by atoms with Crippen LogP contribution in [0.5, 0.6) is 0 Å². The molecule has 1 amide bonds. The number of fused-ring (bicyclic) bond motifs is 1. The number of carbonyl (C=O) groups excluding carboxylic acids is 1. The van der Waals surface area contributed by atoms with Gasteiger partial charge >= 0.3 is 0 Å². The second kappa shape index (κ2) is 9.98. The summed E-state index contributed by atoms with van der Waals surface area (Å²) in [7, 11) is 0. The molecule has 2 N–H and O–H groups in total. The largest absolute Gasteiger partial charge is 0.350 e. The van der Waals surface area contributed by atoms with E-state index in [1.165, 1.54) is 30.3 Å². The van der Waals surface area contributed by atoms with E-state index < -0.39 is 0 Å². The lowest BCUT2D eigenvalue weighted by Crippen LogP contribution is -2.47. The molecule has 2 heterocycles. The van der Waals surface area contributed by atoms with Crippen molar-refractivity contribution < 1.29 is 4.79 Å². The molecule has 1 aliphatic heterocycles. The van der Waals surface area contributed by atoms with E-state index in [4.69, 9.17) is 12.2 Å². The summed E-state index contributed by atoms with van der Waals surface area (Å²) >= 11 is 5.28. The molecule has 1 aliphatic rings. The van der Waals surface area contributed by atoms with Crippen molar-refractivity contribution in [2.75, 3.05) is 19.6 Å². The van der Waals surface area contributed by atoms with E-state index in [1.807, 2.05) is 0 Å². The lowest BCUT2D eigenvalue weighted by atomic mass is 10.0. The molecule has 0 spiro atoms. The summed E-state index contributed by atoms with van der Waals surface area (Å²) in [5.41, 5.74) is 0.930. The highest BCUT2D eigenvalue weighted by Gasteiger charge is 2.22. The number of aromatic nitrogens is 2. The van der Waals surface area contributed by atoms with E-state index in [0.29, 0.717) is 40.4 Å². The van der Waals surface area contributed by atoms with Gasteiger partial charge < -0.3 is 10.3 Å². The molecule has 3 rings (SSSR count). The molecule has 2 aromatic rings. The first-order valence-corrected chi connectivity index (χ1v) is 10.9. The fourth-order valence-corrected chi connectivity index (χ4v) is 4.22. The number of piperidine rings is 1. The van der Waals surface area contributed by atoms with Crippen molar-refractivity contribution >= 4 is 29.0 Å². The van der Waals surface area contributed by atoms with Crippen LogP contribution in [0, 0.1) is 4.77 Å². The Balaban J connectivity index is 1.73. The predicted octanol–water partition coefficient (Wildman–Crippen LogP) is 3.63. The molecular weight excluding hydrogens is 384 g/mol. The minimum atomic E-state index is -0.177. The number of nitrogens with zero attached hydrogens (tertiary/aromatic N) is 2. The van der Waals surface area contributed by atoms with Gasteiger partial charge in [-0.05, 0) is 62.8 Å². The molecule has 0 saturated carbocycles. The maximum Gasteiger partial charge on any atom is 0.262 e. The monoisotopic (exact) mass is 414 g/mol. The number of carbonyl (C=O) groups is 1. The average Bonchev–Trinajstić information content (AvgIpc) is 2.73. The number of rotatable bonds is 8. The summed E-state index contributed by atoms with van der Waals surface area (Å²) in [5, 5.41) is 3.59. The van der Waals surface area contributed by atoms with Crippen molar-refractivity contribution in [1.29, 1.82) is 0 Å². The summed E-state index contributed by atoms with van der Waals surface area (Å²) in [6.07, 6.45) is 7.58. The Morgan fingerprint density at radius 2 is 2.24 bits per heavy atom. The van der Waals surface area contributed by atoms with Gasteiger partial charge in [0.15, 0.2) is 4.77 Å². The molecule has 0 bridgehead atoms. The molecule has 1 aromatic carbocycles. The van der Waals surface area contributed by atoms with Crippen LogP contribution in [0.15, 0.2) is 35.6 Å². The first-order chi connectivity index (χ1) is 14.0. The predicted molar refractivity (Wildman–Crippen MR) is 120 cm³/mol. The van der Waals surface area contributed by atoms with Gasteiger partial charge in [-0.2, -0.15) is 0 Å². The normalized spacial score (nSPS) is 17.3. The smallest absolute Gasteiger partial charge is 0.262 e. The Morgan fingerprint density at radius 3 is 3.00 bits per heavy atom. The van der Waals surface area contributed by atoms with Gasteiger partial charge in [0.05, 0.1) is 10.9 Å². The van der Waals surface area contributed by atoms with Crippen LogP contribution >= 0.6 is 12.2 Å². The molecule has 1 saturated heterocycles.